The van der Waals surface area contributed by atoms with E-state index < -0.39 is 0 Å². The molecule has 0 aromatic rings. The molecule has 22 heavy (non-hydrogen) atoms. The Kier molecular flexibility index (Phi) is 7.49. The van der Waals surface area contributed by atoms with E-state index in [4.69, 9.17) is 0 Å². The van der Waals surface area contributed by atoms with E-state index in [1.54, 1.807) is 11.8 Å². The maximum absolute atomic E-state index is 12.4. The first-order valence-corrected chi connectivity index (χ1v) is 8.91. The summed E-state index contributed by atoms with van der Waals surface area (Å²) in [7, 11) is 0. The lowest BCUT2D eigenvalue weighted by Crippen LogP contribution is -2.50. The lowest BCUT2D eigenvalue weighted by Gasteiger charge is -2.34. The minimum absolute atomic E-state index is 0. The topological polar surface area (TPSA) is 61.4 Å². The molecule has 2 fully saturated rings. The molecule has 0 bridgehead atoms. The number of likely N-dealkylation sites (tertiary alicyclic amines) is 1. The predicted octanol–water partition coefficient (Wildman–Crippen LogP) is 1.47. The summed E-state index contributed by atoms with van der Waals surface area (Å²) >= 11 is 1.78. The highest BCUT2D eigenvalue weighted by molar-refractivity contribution is 7.99. The maximum atomic E-state index is 12.4. The van der Waals surface area contributed by atoms with E-state index in [9.17, 15) is 9.59 Å². The smallest absolute Gasteiger partial charge is 0.240 e. The standard InChI is InChI=1S/C15H27N3O2S.ClH/c1-15(2,3)14(20)16-7-11-5-4-6-18(8-11)13(19)12-9-21-10-17-12;/h11-12,17H,4-10H2,1-3H3,(H,16,20);1H. The molecule has 2 saturated heterocycles. The minimum atomic E-state index is -0.352. The number of piperidine rings is 1. The fraction of sp³-hybridized carbons (Fsp3) is 0.867. The third-order valence-corrected chi connectivity index (χ3v) is 5.02. The van der Waals surface area contributed by atoms with Crippen LogP contribution in [0.1, 0.15) is 33.6 Å². The van der Waals surface area contributed by atoms with Crippen LogP contribution < -0.4 is 10.6 Å². The molecule has 7 heteroatoms. The predicted molar refractivity (Wildman–Crippen MR) is 93.3 cm³/mol. The van der Waals surface area contributed by atoms with Gasteiger partial charge in [0, 0.05) is 36.7 Å². The lowest BCUT2D eigenvalue weighted by atomic mass is 9.94. The van der Waals surface area contributed by atoms with Gasteiger partial charge in [0.1, 0.15) is 0 Å². The molecule has 2 aliphatic heterocycles. The van der Waals surface area contributed by atoms with E-state index in [-0.39, 0.29) is 35.7 Å². The average Bonchev–Trinajstić information content (AvgIpc) is 2.97. The van der Waals surface area contributed by atoms with Gasteiger partial charge in [-0.25, -0.2) is 0 Å². The molecule has 5 nitrogen and oxygen atoms in total. The number of nitrogens with one attached hydrogen (secondary N) is 2. The third kappa shape index (κ3) is 5.32. The summed E-state index contributed by atoms with van der Waals surface area (Å²) in [6, 6.07) is -0.0158. The van der Waals surface area contributed by atoms with Crippen LogP contribution in [-0.2, 0) is 9.59 Å². The molecule has 2 N–H and O–H groups in total. The normalized spacial score (nSPS) is 25.5. The summed E-state index contributed by atoms with van der Waals surface area (Å²) in [6.45, 7) is 8.05. The molecular formula is C15H28ClN3O2S. The second-order valence-electron chi connectivity index (χ2n) is 7.02. The van der Waals surface area contributed by atoms with Crippen LogP contribution in [0.4, 0.5) is 0 Å². The number of nitrogens with zero attached hydrogens (tertiary/aromatic N) is 1. The van der Waals surface area contributed by atoms with Gasteiger partial charge in [-0.15, -0.1) is 24.2 Å². The van der Waals surface area contributed by atoms with E-state index in [1.807, 2.05) is 25.7 Å². The third-order valence-electron chi connectivity index (χ3n) is 4.08. The number of carbonyl (C=O) groups is 2. The van der Waals surface area contributed by atoms with Gasteiger partial charge in [0.2, 0.25) is 11.8 Å². The van der Waals surface area contributed by atoms with Gasteiger partial charge in [0.25, 0.3) is 0 Å². The summed E-state index contributed by atoms with van der Waals surface area (Å²) in [4.78, 5) is 26.3. The van der Waals surface area contributed by atoms with Gasteiger partial charge in [-0.1, -0.05) is 20.8 Å². The molecule has 0 aromatic carbocycles. The number of rotatable bonds is 3. The molecule has 128 valence electrons. The van der Waals surface area contributed by atoms with E-state index in [1.165, 1.54) is 0 Å². The number of hydrogen-bond donors (Lipinski definition) is 2. The van der Waals surface area contributed by atoms with E-state index in [0.29, 0.717) is 12.5 Å². The molecule has 2 heterocycles. The highest BCUT2D eigenvalue weighted by Gasteiger charge is 2.31. The monoisotopic (exact) mass is 349 g/mol. The van der Waals surface area contributed by atoms with Gasteiger partial charge in [-0.2, -0.15) is 0 Å². The summed E-state index contributed by atoms with van der Waals surface area (Å²) in [5.41, 5.74) is -0.352. The average molecular weight is 350 g/mol. The molecule has 2 atom stereocenters. The first-order valence-electron chi connectivity index (χ1n) is 7.76. The Morgan fingerprint density at radius 1 is 1.36 bits per heavy atom. The first kappa shape index (κ1) is 19.6. The van der Waals surface area contributed by atoms with Gasteiger partial charge in [0.15, 0.2) is 0 Å². The van der Waals surface area contributed by atoms with Crippen molar-refractivity contribution in [3.8, 4) is 0 Å². The number of amides is 2. The van der Waals surface area contributed by atoms with E-state index >= 15 is 0 Å². The van der Waals surface area contributed by atoms with Gasteiger partial charge in [-0.05, 0) is 18.8 Å². The molecule has 0 radical (unpaired) electrons. The van der Waals surface area contributed by atoms with Crippen LogP contribution in [0.25, 0.3) is 0 Å². The molecular weight excluding hydrogens is 322 g/mol. The number of carbonyl (C=O) groups excluding carboxylic acids is 2. The zero-order chi connectivity index (χ0) is 15.5. The fourth-order valence-electron chi connectivity index (χ4n) is 2.71. The fourth-order valence-corrected chi connectivity index (χ4v) is 3.64. The molecule has 2 rings (SSSR count). The summed E-state index contributed by atoms with van der Waals surface area (Å²) in [6.07, 6.45) is 2.11. The van der Waals surface area contributed by atoms with Crippen LogP contribution in [0.3, 0.4) is 0 Å². The Labute approximate surface area is 143 Å². The lowest BCUT2D eigenvalue weighted by molar-refractivity contribution is -0.134. The van der Waals surface area contributed by atoms with Gasteiger partial charge in [-0.3, -0.25) is 14.9 Å². The van der Waals surface area contributed by atoms with Crippen molar-refractivity contribution in [3.63, 3.8) is 0 Å². The van der Waals surface area contributed by atoms with Gasteiger partial charge < -0.3 is 10.2 Å². The van der Waals surface area contributed by atoms with Crippen molar-refractivity contribution in [1.29, 1.82) is 0 Å². The number of thioether (sulfide) groups is 1. The van der Waals surface area contributed by atoms with Crippen molar-refractivity contribution < 1.29 is 9.59 Å². The van der Waals surface area contributed by atoms with Crippen molar-refractivity contribution >= 4 is 36.0 Å². The largest absolute Gasteiger partial charge is 0.355 e. The van der Waals surface area contributed by atoms with Crippen molar-refractivity contribution in [2.45, 2.75) is 39.7 Å². The Morgan fingerprint density at radius 3 is 2.68 bits per heavy atom. The van der Waals surface area contributed by atoms with Crippen molar-refractivity contribution in [2.24, 2.45) is 11.3 Å². The molecule has 2 amide bonds. The van der Waals surface area contributed by atoms with Gasteiger partial charge >= 0.3 is 0 Å². The second-order valence-corrected chi connectivity index (χ2v) is 8.05. The SMILES string of the molecule is CC(C)(C)C(=O)NCC1CCCN(C(=O)C2CSCN2)C1.Cl. The zero-order valence-corrected chi connectivity index (χ0v) is 15.3. The highest BCUT2D eigenvalue weighted by atomic mass is 35.5. The molecule has 2 aliphatic rings. The summed E-state index contributed by atoms with van der Waals surface area (Å²) < 4.78 is 0. The van der Waals surface area contributed by atoms with E-state index in [0.717, 1.165) is 37.6 Å². The highest BCUT2D eigenvalue weighted by Crippen LogP contribution is 2.20. The minimum Gasteiger partial charge on any atom is -0.355 e. The molecule has 0 aliphatic carbocycles. The second kappa shape index (κ2) is 8.41. The van der Waals surface area contributed by atoms with Crippen LogP contribution in [0.2, 0.25) is 0 Å². The molecule has 2 unspecified atom stereocenters. The van der Waals surface area contributed by atoms with Crippen LogP contribution >= 0.6 is 24.2 Å². The summed E-state index contributed by atoms with van der Waals surface area (Å²) in [5.74, 6) is 2.44. The van der Waals surface area contributed by atoms with Crippen molar-refractivity contribution in [2.75, 3.05) is 31.3 Å². The quantitative estimate of drug-likeness (QED) is 0.810. The van der Waals surface area contributed by atoms with Crippen LogP contribution in [-0.4, -0.2) is 54.0 Å². The van der Waals surface area contributed by atoms with Crippen LogP contribution in [0, 0.1) is 11.3 Å². The maximum Gasteiger partial charge on any atom is 0.240 e. The molecule has 0 saturated carbocycles. The Balaban J connectivity index is 0.00000242. The first-order chi connectivity index (χ1) is 9.88. The Bertz CT molecular complexity index is 395. The number of hydrogen-bond acceptors (Lipinski definition) is 4. The van der Waals surface area contributed by atoms with Gasteiger partial charge in [0.05, 0.1) is 6.04 Å². The molecule has 0 spiro atoms. The Hall–Kier alpha value is -0.460. The van der Waals surface area contributed by atoms with Crippen molar-refractivity contribution in [1.82, 2.24) is 15.5 Å². The zero-order valence-electron chi connectivity index (χ0n) is 13.7. The Morgan fingerprint density at radius 2 is 2.09 bits per heavy atom. The van der Waals surface area contributed by atoms with Crippen LogP contribution in [0.15, 0.2) is 0 Å². The van der Waals surface area contributed by atoms with E-state index in [2.05, 4.69) is 10.6 Å². The number of halogens is 1. The van der Waals surface area contributed by atoms with Crippen LogP contribution in [0.5, 0.6) is 0 Å². The summed E-state index contributed by atoms with van der Waals surface area (Å²) in [5, 5.41) is 6.27. The molecule has 0 aromatic heterocycles. The van der Waals surface area contributed by atoms with Crippen molar-refractivity contribution in [3.05, 3.63) is 0 Å².